The van der Waals surface area contributed by atoms with Crippen LogP contribution in [0, 0.1) is 34.5 Å². The van der Waals surface area contributed by atoms with Crippen LogP contribution in [0.15, 0.2) is 46.9 Å². The van der Waals surface area contributed by atoms with Crippen LogP contribution in [0.4, 0.5) is 0 Å². The summed E-state index contributed by atoms with van der Waals surface area (Å²) in [6.07, 6.45) is 8.33. The lowest BCUT2D eigenvalue weighted by atomic mass is 9.47. The molecular formula is C33H50O5S. The number of carbonyl (C=O) groups is 1. The second-order valence-electron chi connectivity index (χ2n) is 13.7. The highest BCUT2D eigenvalue weighted by atomic mass is 32.2. The van der Waals surface area contributed by atoms with Crippen LogP contribution in [0.5, 0.6) is 0 Å². The zero-order chi connectivity index (χ0) is 28.8. The highest BCUT2D eigenvalue weighted by molar-refractivity contribution is 7.92. The molecule has 5 nitrogen and oxygen atoms in total. The molecule has 5 rings (SSSR count). The SMILES string of the molecule is CC.CC(C)(O)CC(CC1CCC2C3CC=C4CC(O)CCC4(C)C3C(=O)CC12C)S(=O)(=O)c1ccccc1. The molecule has 1 aromatic rings. The number of allylic oxidation sites excluding steroid dienone is 1. The van der Waals surface area contributed by atoms with Gasteiger partial charge in [0, 0.05) is 12.3 Å². The van der Waals surface area contributed by atoms with E-state index in [9.17, 15) is 23.4 Å². The van der Waals surface area contributed by atoms with Crippen LogP contribution in [0.25, 0.3) is 0 Å². The van der Waals surface area contributed by atoms with Crippen LogP contribution in [-0.4, -0.2) is 41.4 Å². The largest absolute Gasteiger partial charge is 0.393 e. The van der Waals surface area contributed by atoms with Crippen LogP contribution in [-0.2, 0) is 14.6 Å². The molecule has 0 heterocycles. The minimum absolute atomic E-state index is 0.0112. The Bertz CT molecular complexity index is 1170. The maximum Gasteiger partial charge on any atom is 0.181 e. The monoisotopic (exact) mass is 558 g/mol. The molecule has 0 amide bonds. The van der Waals surface area contributed by atoms with Gasteiger partial charge >= 0.3 is 0 Å². The van der Waals surface area contributed by atoms with Gasteiger partial charge < -0.3 is 10.2 Å². The molecule has 0 saturated heterocycles. The predicted molar refractivity (Wildman–Crippen MR) is 156 cm³/mol. The van der Waals surface area contributed by atoms with Crippen LogP contribution in [0.1, 0.15) is 99.3 Å². The summed E-state index contributed by atoms with van der Waals surface area (Å²) in [6, 6.07) is 8.60. The summed E-state index contributed by atoms with van der Waals surface area (Å²) in [4.78, 5) is 14.3. The second-order valence-corrected chi connectivity index (χ2v) is 15.9. The van der Waals surface area contributed by atoms with Gasteiger partial charge in [0.25, 0.3) is 0 Å². The molecule has 0 radical (unpaired) electrons. The average Bonchev–Trinajstić information content (AvgIpc) is 3.20. The van der Waals surface area contributed by atoms with E-state index in [1.807, 2.05) is 19.9 Å². The number of fused-ring (bicyclic) bond motifs is 5. The highest BCUT2D eigenvalue weighted by Gasteiger charge is 2.62. The first-order valence-corrected chi connectivity index (χ1v) is 16.7. The Morgan fingerprint density at radius 2 is 1.74 bits per heavy atom. The molecule has 3 fully saturated rings. The van der Waals surface area contributed by atoms with E-state index in [1.165, 1.54) is 5.57 Å². The lowest BCUT2D eigenvalue weighted by Gasteiger charge is -2.57. The minimum Gasteiger partial charge on any atom is -0.393 e. The first-order chi connectivity index (χ1) is 18.3. The van der Waals surface area contributed by atoms with Crippen molar-refractivity contribution in [2.75, 3.05) is 0 Å². The molecule has 0 spiro atoms. The summed E-state index contributed by atoms with van der Waals surface area (Å²) in [6.45, 7) is 11.9. The molecule has 0 aliphatic heterocycles. The van der Waals surface area contributed by atoms with Gasteiger partial charge in [-0.25, -0.2) is 8.42 Å². The third-order valence-electron chi connectivity index (χ3n) is 10.7. The summed E-state index contributed by atoms with van der Waals surface area (Å²) in [5.74, 6) is 1.16. The van der Waals surface area contributed by atoms with Crippen molar-refractivity contribution >= 4 is 15.6 Å². The van der Waals surface area contributed by atoms with E-state index in [-0.39, 0.29) is 35.2 Å². The third-order valence-corrected chi connectivity index (χ3v) is 12.9. The Hall–Kier alpha value is -1.50. The molecule has 2 N–H and O–H groups in total. The lowest BCUT2D eigenvalue weighted by molar-refractivity contribution is -0.144. The van der Waals surface area contributed by atoms with Gasteiger partial charge in [-0.15, -0.1) is 0 Å². The number of ketones is 1. The molecule has 4 aliphatic carbocycles. The topological polar surface area (TPSA) is 91.7 Å². The van der Waals surface area contributed by atoms with Crippen molar-refractivity contribution < 1.29 is 23.4 Å². The van der Waals surface area contributed by atoms with E-state index in [0.29, 0.717) is 41.8 Å². The number of hydrogen-bond acceptors (Lipinski definition) is 5. The van der Waals surface area contributed by atoms with Crippen molar-refractivity contribution in [3.8, 4) is 0 Å². The number of sulfone groups is 1. The zero-order valence-electron chi connectivity index (χ0n) is 24.8. The molecule has 8 unspecified atom stereocenters. The minimum atomic E-state index is -3.63. The first-order valence-electron chi connectivity index (χ1n) is 15.2. The van der Waals surface area contributed by atoms with Gasteiger partial charge in [0.2, 0.25) is 0 Å². The quantitative estimate of drug-likeness (QED) is 0.388. The predicted octanol–water partition coefficient (Wildman–Crippen LogP) is 6.53. The molecule has 0 aromatic heterocycles. The maximum absolute atomic E-state index is 13.9. The van der Waals surface area contributed by atoms with Gasteiger partial charge in [-0.3, -0.25) is 4.79 Å². The first kappa shape index (κ1) is 30.5. The van der Waals surface area contributed by atoms with Crippen LogP contribution >= 0.6 is 0 Å². The van der Waals surface area contributed by atoms with Gasteiger partial charge in [-0.1, -0.05) is 57.5 Å². The number of carbonyl (C=O) groups excluding carboxylic acids is 1. The van der Waals surface area contributed by atoms with Gasteiger partial charge in [0.1, 0.15) is 5.78 Å². The van der Waals surface area contributed by atoms with E-state index < -0.39 is 20.7 Å². The van der Waals surface area contributed by atoms with E-state index in [1.54, 1.807) is 38.1 Å². The number of Topliss-reactive ketones (excluding diaryl/α,β-unsaturated/α-hetero) is 1. The van der Waals surface area contributed by atoms with Gasteiger partial charge in [-0.2, -0.15) is 0 Å². The Kier molecular flexibility index (Phi) is 8.64. The summed E-state index contributed by atoms with van der Waals surface area (Å²) in [5, 5.41) is 20.3. The van der Waals surface area contributed by atoms with Crippen molar-refractivity contribution in [3.63, 3.8) is 0 Å². The fourth-order valence-corrected chi connectivity index (χ4v) is 11.0. The van der Waals surface area contributed by atoms with Crippen molar-refractivity contribution in [2.24, 2.45) is 34.5 Å². The molecule has 218 valence electrons. The van der Waals surface area contributed by atoms with Crippen molar-refractivity contribution in [3.05, 3.63) is 42.0 Å². The molecule has 1 aromatic carbocycles. The summed E-state index contributed by atoms with van der Waals surface area (Å²) >= 11 is 0. The molecule has 8 atom stereocenters. The molecule has 6 heteroatoms. The Morgan fingerprint density at radius 1 is 1.08 bits per heavy atom. The number of benzene rings is 1. The average molecular weight is 559 g/mol. The van der Waals surface area contributed by atoms with Gasteiger partial charge in [0.05, 0.1) is 21.9 Å². The highest BCUT2D eigenvalue weighted by Crippen LogP contribution is 2.66. The van der Waals surface area contributed by atoms with Crippen molar-refractivity contribution in [1.29, 1.82) is 0 Å². The summed E-state index contributed by atoms with van der Waals surface area (Å²) < 4.78 is 27.5. The van der Waals surface area contributed by atoms with E-state index in [0.717, 1.165) is 32.1 Å². The van der Waals surface area contributed by atoms with E-state index in [2.05, 4.69) is 19.9 Å². The maximum atomic E-state index is 13.9. The summed E-state index contributed by atoms with van der Waals surface area (Å²) in [7, 11) is -3.63. The fourth-order valence-electron chi connectivity index (χ4n) is 8.96. The summed E-state index contributed by atoms with van der Waals surface area (Å²) in [5.41, 5.74) is -0.209. The lowest BCUT2D eigenvalue weighted by Crippen LogP contribution is -2.55. The smallest absolute Gasteiger partial charge is 0.181 e. The third kappa shape index (κ3) is 5.55. The van der Waals surface area contributed by atoms with Gasteiger partial charge in [0.15, 0.2) is 9.84 Å². The number of hydrogen-bond donors (Lipinski definition) is 2. The number of aliphatic hydroxyl groups is 2. The number of rotatable bonds is 6. The van der Waals surface area contributed by atoms with Crippen LogP contribution in [0.3, 0.4) is 0 Å². The Labute approximate surface area is 236 Å². The Morgan fingerprint density at radius 3 is 2.38 bits per heavy atom. The van der Waals surface area contributed by atoms with Crippen molar-refractivity contribution in [1.82, 2.24) is 0 Å². The molecule has 3 saturated carbocycles. The van der Waals surface area contributed by atoms with Crippen LogP contribution < -0.4 is 0 Å². The van der Waals surface area contributed by atoms with Crippen molar-refractivity contribution in [2.45, 2.75) is 121 Å². The Balaban J connectivity index is 0.00000172. The fraction of sp³-hybridized carbons (Fsp3) is 0.727. The standard InChI is InChI=1S/C31H44O5S.C2H6/c1-29(2,34)18-24(37(35,36)23-8-6-5-7-9-23)17-21-11-13-26-25-12-10-20-16-22(32)14-15-30(20,3)28(25)27(33)19-31(21,26)4;1-2/h5-10,21-22,24-26,28,32,34H,11-19H2,1-4H3;1-2H3. The second kappa shape index (κ2) is 11.1. The molecule has 4 aliphatic rings. The molecule has 39 heavy (non-hydrogen) atoms. The van der Waals surface area contributed by atoms with Crippen LogP contribution in [0.2, 0.25) is 0 Å². The normalized spacial score (nSPS) is 37.0. The molecular weight excluding hydrogens is 508 g/mol. The molecule has 0 bridgehead atoms. The van der Waals surface area contributed by atoms with E-state index >= 15 is 0 Å². The van der Waals surface area contributed by atoms with E-state index in [4.69, 9.17) is 0 Å². The van der Waals surface area contributed by atoms with Gasteiger partial charge in [-0.05, 0) is 106 Å². The zero-order valence-corrected chi connectivity index (χ0v) is 25.6. The number of aliphatic hydroxyl groups excluding tert-OH is 1.